The largest absolute Gasteiger partial charge is 0.346 e. The Bertz CT molecular complexity index is 1450. The molecule has 1 saturated carbocycles. The van der Waals surface area contributed by atoms with Crippen LogP contribution in [0.4, 0.5) is 4.39 Å². The average Bonchev–Trinajstić information content (AvgIpc) is 3.72. The van der Waals surface area contributed by atoms with Gasteiger partial charge in [-0.15, -0.1) is 0 Å². The van der Waals surface area contributed by atoms with Crippen LogP contribution >= 0.6 is 0 Å². The van der Waals surface area contributed by atoms with Gasteiger partial charge in [-0.2, -0.15) is 0 Å². The van der Waals surface area contributed by atoms with E-state index in [0.29, 0.717) is 29.2 Å². The lowest BCUT2D eigenvalue weighted by atomic mass is 9.84. The van der Waals surface area contributed by atoms with Crippen LogP contribution in [0.3, 0.4) is 0 Å². The van der Waals surface area contributed by atoms with E-state index < -0.39 is 5.67 Å². The summed E-state index contributed by atoms with van der Waals surface area (Å²) >= 11 is 0. The third kappa shape index (κ3) is 4.36. The number of carbonyl (C=O) groups is 1. The van der Waals surface area contributed by atoms with Gasteiger partial charge in [0.25, 0.3) is 5.91 Å². The van der Waals surface area contributed by atoms with Crippen molar-refractivity contribution in [2.24, 2.45) is 0 Å². The Balaban J connectivity index is 1.20. The molecule has 0 aromatic carbocycles. The van der Waals surface area contributed by atoms with Crippen LogP contribution in [-0.2, 0) is 18.6 Å². The molecule has 1 amide bonds. The number of alkyl halides is 1. The van der Waals surface area contributed by atoms with Crippen molar-refractivity contribution in [2.75, 3.05) is 0 Å². The summed E-state index contributed by atoms with van der Waals surface area (Å²) in [5.74, 6) is 0.212. The predicted octanol–water partition coefficient (Wildman–Crippen LogP) is 4.81. The number of pyridine rings is 3. The van der Waals surface area contributed by atoms with Crippen molar-refractivity contribution in [3.63, 3.8) is 0 Å². The lowest BCUT2D eigenvalue weighted by molar-refractivity contribution is 0.0949. The Morgan fingerprint density at radius 3 is 2.83 bits per heavy atom. The van der Waals surface area contributed by atoms with E-state index in [1.165, 1.54) is 19.0 Å². The van der Waals surface area contributed by atoms with Crippen LogP contribution in [0, 0.1) is 0 Å². The number of aryl methyl sites for hydroxylation is 1. The average molecular weight is 469 g/mol. The van der Waals surface area contributed by atoms with Crippen molar-refractivity contribution in [1.29, 1.82) is 0 Å². The molecule has 1 atom stereocenters. The number of hydrogen-bond acceptors (Lipinski definition) is 6. The van der Waals surface area contributed by atoms with E-state index in [0.717, 1.165) is 46.5 Å². The minimum atomic E-state index is -1.46. The van der Waals surface area contributed by atoms with Crippen LogP contribution in [0.15, 0.2) is 49.1 Å². The minimum Gasteiger partial charge on any atom is -0.346 e. The number of carbonyl (C=O) groups excluding carboxylic acids is 1. The summed E-state index contributed by atoms with van der Waals surface area (Å²) < 4.78 is 14.9. The lowest BCUT2D eigenvalue weighted by Crippen LogP contribution is -2.27. The molecular formula is C27H25FN6O. The maximum absolute atomic E-state index is 14.9. The Morgan fingerprint density at radius 2 is 1.97 bits per heavy atom. The fraction of sp³-hybridized carbons (Fsp3) is 0.333. The summed E-state index contributed by atoms with van der Waals surface area (Å²) in [4.78, 5) is 35.4. The first-order valence-corrected chi connectivity index (χ1v) is 12.0. The standard InChI is InChI=1S/C27H25FN6O/c1-27(28)8-2-3-21-20(27)9-18(12-31-21)26(35)32-13-19-10-23-17(11-30-19)6-7-22(33-23)25-15-29-14-24(34-25)16-4-5-16/h6-7,9-12,14-16H,2-5,8,13H2,1H3,(H,32,35)/t27-/m0/s1. The second-order valence-corrected chi connectivity index (χ2v) is 9.62. The third-order valence-corrected chi connectivity index (χ3v) is 6.83. The maximum atomic E-state index is 14.9. The first kappa shape index (κ1) is 21.7. The molecule has 0 radical (unpaired) electrons. The molecule has 4 aromatic heterocycles. The van der Waals surface area contributed by atoms with E-state index in [1.54, 1.807) is 25.4 Å². The van der Waals surface area contributed by atoms with Gasteiger partial charge in [0.1, 0.15) is 11.4 Å². The molecule has 4 aromatic rings. The summed E-state index contributed by atoms with van der Waals surface area (Å²) in [6.07, 6.45) is 11.1. The lowest BCUT2D eigenvalue weighted by Gasteiger charge is -2.28. The van der Waals surface area contributed by atoms with Gasteiger partial charge in [-0.05, 0) is 63.3 Å². The van der Waals surface area contributed by atoms with Gasteiger partial charge in [-0.1, -0.05) is 0 Å². The minimum absolute atomic E-state index is 0.224. The Kier molecular flexibility index (Phi) is 5.24. The van der Waals surface area contributed by atoms with Crippen LogP contribution < -0.4 is 5.32 Å². The zero-order chi connectivity index (χ0) is 24.0. The second-order valence-electron chi connectivity index (χ2n) is 9.62. The first-order chi connectivity index (χ1) is 17.0. The van der Waals surface area contributed by atoms with E-state index in [-0.39, 0.29) is 12.5 Å². The van der Waals surface area contributed by atoms with Crippen LogP contribution in [0.2, 0.25) is 0 Å². The number of aromatic nitrogens is 5. The molecule has 4 heterocycles. The molecule has 7 nitrogen and oxygen atoms in total. The molecule has 0 saturated heterocycles. The van der Waals surface area contributed by atoms with E-state index >= 15 is 0 Å². The molecular weight excluding hydrogens is 443 g/mol. The maximum Gasteiger partial charge on any atom is 0.253 e. The SMILES string of the molecule is C[C@]1(F)CCCc2ncc(C(=O)NCc3cc4nc(-c5cncc(C6CC6)n5)ccc4cn3)cc21. The van der Waals surface area contributed by atoms with Crippen LogP contribution in [0.5, 0.6) is 0 Å². The van der Waals surface area contributed by atoms with Gasteiger partial charge in [0.05, 0.1) is 40.9 Å². The fourth-order valence-corrected chi connectivity index (χ4v) is 4.64. The van der Waals surface area contributed by atoms with Gasteiger partial charge in [-0.3, -0.25) is 19.7 Å². The molecule has 0 aliphatic heterocycles. The molecule has 176 valence electrons. The van der Waals surface area contributed by atoms with E-state index in [1.807, 2.05) is 24.4 Å². The summed E-state index contributed by atoms with van der Waals surface area (Å²) in [6.45, 7) is 1.78. The molecule has 2 aliphatic carbocycles. The molecule has 0 unspecified atom stereocenters. The zero-order valence-electron chi connectivity index (χ0n) is 19.5. The van der Waals surface area contributed by atoms with Gasteiger partial charge in [0.15, 0.2) is 0 Å². The van der Waals surface area contributed by atoms with Crippen LogP contribution in [0.25, 0.3) is 22.3 Å². The normalized spacial score (nSPS) is 19.4. The van der Waals surface area contributed by atoms with Crippen molar-refractivity contribution < 1.29 is 9.18 Å². The quantitative estimate of drug-likeness (QED) is 0.452. The Morgan fingerprint density at radius 1 is 1.09 bits per heavy atom. The molecule has 1 N–H and O–H groups in total. The molecule has 0 bridgehead atoms. The van der Waals surface area contributed by atoms with Crippen molar-refractivity contribution in [3.05, 3.63) is 77.3 Å². The van der Waals surface area contributed by atoms with Gasteiger partial charge in [0.2, 0.25) is 0 Å². The molecule has 1 fully saturated rings. The third-order valence-electron chi connectivity index (χ3n) is 6.83. The highest BCUT2D eigenvalue weighted by molar-refractivity contribution is 5.94. The van der Waals surface area contributed by atoms with Crippen LogP contribution in [0.1, 0.15) is 71.5 Å². The highest BCUT2D eigenvalue weighted by Gasteiger charge is 2.33. The first-order valence-electron chi connectivity index (χ1n) is 12.0. The molecule has 35 heavy (non-hydrogen) atoms. The number of nitrogens with zero attached hydrogens (tertiary/aromatic N) is 5. The molecule has 0 spiro atoms. The summed E-state index contributed by atoms with van der Waals surface area (Å²) in [5, 5.41) is 3.77. The summed E-state index contributed by atoms with van der Waals surface area (Å²) in [7, 11) is 0. The smallest absolute Gasteiger partial charge is 0.253 e. The fourth-order valence-electron chi connectivity index (χ4n) is 4.64. The summed E-state index contributed by atoms with van der Waals surface area (Å²) in [5.41, 5.74) is 4.12. The van der Waals surface area contributed by atoms with Crippen molar-refractivity contribution in [1.82, 2.24) is 30.2 Å². The van der Waals surface area contributed by atoms with E-state index in [9.17, 15) is 9.18 Å². The van der Waals surface area contributed by atoms with Crippen molar-refractivity contribution >= 4 is 16.8 Å². The Hall–Kier alpha value is -3.81. The van der Waals surface area contributed by atoms with Gasteiger partial charge in [0, 0.05) is 41.2 Å². The second kappa shape index (κ2) is 8.45. The highest BCUT2D eigenvalue weighted by atomic mass is 19.1. The molecule has 2 aliphatic rings. The number of nitrogens with one attached hydrogen (secondary N) is 1. The topological polar surface area (TPSA) is 93.6 Å². The zero-order valence-corrected chi connectivity index (χ0v) is 19.5. The van der Waals surface area contributed by atoms with E-state index in [4.69, 9.17) is 9.97 Å². The monoisotopic (exact) mass is 468 g/mol. The highest BCUT2D eigenvalue weighted by Crippen LogP contribution is 2.39. The van der Waals surface area contributed by atoms with E-state index in [2.05, 4.69) is 20.3 Å². The molecule has 8 heteroatoms. The van der Waals surface area contributed by atoms with Gasteiger partial charge in [-0.25, -0.2) is 14.4 Å². The number of fused-ring (bicyclic) bond motifs is 2. The number of halogens is 1. The molecule has 6 rings (SSSR count). The van der Waals surface area contributed by atoms with Crippen molar-refractivity contribution in [2.45, 2.75) is 57.2 Å². The van der Waals surface area contributed by atoms with Crippen molar-refractivity contribution in [3.8, 4) is 11.4 Å². The predicted molar refractivity (Wildman–Crippen MR) is 129 cm³/mol. The summed E-state index contributed by atoms with van der Waals surface area (Å²) in [6, 6.07) is 7.38. The number of rotatable bonds is 5. The number of amides is 1. The van der Waals surface area contributed by atoms with Gasteiger partial charge >= 0.3 is 0 Å². The van der Waals surface area contributed by atoms with Crippen LogP contribution in [-0.4, -0.2) is 30.8 Å². The number of hydrogen-bond donors (Lipinski definition) is 1. The van der Waals surface area contributed by atoms with Gasteiger partial charge < -0.3 is 5.32 Å². The Labute approximate surface area is 202 Å².